The Morgan fingerprint density at radius 3 is 2.71 bits per heavy atom. The van der Waals surface area contributed by atoms with E-state index in [0.717, 1.165) is 5.69 Å². The number of hydrogen-bond acceptors (Lipinski definition) is 5. The van der Waals surface area contributed by atoms with E-state index in [4.69, 9.17) is 4.74 Å². The van der Waals surface area contributed by atoms with Crippen LogP contribution in [0.3, 0.4) is 0 Å². The van der Waals surface area contributed by atoms with Crippen LogP contribution in [0.4, 0.5) is 11.4 Å². The molecular weight excluding hydrogens is 224 g/mol. The van der Waals surface area contributed by atoms with E-state index in [0.29, 0.717) is 6.54 Å². The number of nitro groups is 1. The molecule has 0 amide bonds. The largest absolute Gasteiger partial charge is 0.490 e. The van der Waals surface area contributed by atoms with E-state index < -0.39 is 11.0 Å². The molecule has 0 aromatic heterocycles. The van der Waals surface area contributed by atoms with Gasteiger partial charge in [0.25, 0.3) is 0 Å². The zero-order chi connectivity index (χ0) is 13.0. The van der Waals surface area contributed by atoms with Gasteiger partial charge in [0.15, 0.2) is 5.75 Å². The lowest BCUT2D eigenvalue weighted by atomic mass is 10.2. The molecule has 0 bridgehead atoms. The van der Waals surface area contributed by atoms with Gasteiger partial charge < -0.3 is 14.7 Å². The van der Waals surface area contributed by atoms with Gasteiger partial charge in [0.2, 0.25) is 0 Å². The van der Waals surface area contributed by atoms with Crippen LogP contribution in [0.2, 0.25) is 0 Å². The second kappa shape index (κ2) is 5.49. The average Bonchev–Trinajstić information content (AvgIpc) is 2.27. The second-order valence-electron chi connectivity index (χ2n) is 3.84. The molecule has 0 aliphatic rings. The van der Waals surface area contributed by atoms with Crippen molar-refractivity contribution in [2.24, 2.45) is 0 Å². The third kappa shape index (κ3) is 3.32. The molecule has 0 radical (unpaired) electrons. The monoisotopic (exact) mass is 240 g/mol. The molecule has 0 spiro atoms. The number of nitrogens with zero attached hydrogens (tertiary/aromatic N) is 2. The number of nitro benzene ring substituents is 1. The Balaban J connectivity index is 3.00. The third-order valence-corrected chi connectivity index (χ3v) is 2.34. The van der Waals surface area contributed by atoms with Gasteiger partial charge in [0.1, 0.15) is 0 Å². The van der Waals surface area contributed by atoms with Gasteiger partial charge in [-0.1, -0.05) is 0 Å². The molecule has 0 heterocycles. The molecule has 1 aromatic rings. The summed E-state index contributed by atoms with van der Waals surface area (Å²) in [5, 5.41) is 20.0. The standard InChI is InChI=1S/C11H16N2O4/c1-8(14)7-12(2)9-4-5-10(13(15)16)11(6-9)17-3/h4-6,8,14H,7H2,1-3H3/t8-/m1/s1. The van der Waals surface area contributed by atoms with E-state index >= 15 is 0 Å². The minimum absolute atomic E-state index is 0.0679. The van der Waals surface area contributed by atoms with Crippen molar-refractivity contribution in [3.05, 3.63) is 28.3 Å². The van der Waals surface area contributed by atoms with Crippen LogP contribution in [0.25, 0.3) is 0 Å². The van der Waals surface area contributed by atoms with Crippen molar-refractivity contribution in [2.45, 2.75) is 13.0 Å². The van der Waals surface area contributed by atoms with Crippen LogP contribution in [-0.4, -0.2) is 36.8 Å². The van der Waals surface area contributed by atoms with Crippen LogP contribution in [0.15, 0.2) is 18.2 Å². The molecule has 1 atom stereocenters. The smallest absolute Gasteiger partial charge is 0.311 e. The second-order valence-corrected chi connectivity index (χ2v) is 3.84. The molecule has 1 rings (SSSR count). The summed E-state index contributed by atoms with van der Waals surface area (Å²) in [6.45, 7) is 2.13. The SMILES string of the molecule is COc1cc(N(C)C[C@@H](C)O)ccc1[N+](=O)[O-]. The first-order chi connectivity index (χ1) is 7.95. The summed E-state index contributed by atoms with van der Waals surface area (Å²) in [6.07, 6.45) is -0.471. The maximum Gasteiger partial charge on any atom is 0.311 e. The zero-order valence-corrected chi connectivity index (χ0v) is 10.1. The van der Waals surface area contributed by atoms with E-state index in [-0.39, 0.29) is 11.4 Å². The highest BCUT2D eigenvalue weighted by molar-refractivity contribution is 5.59. The fraction of sp³-hybridized carbons (Fsp3) is 0.455. The van der Waals surface area contributed by atoms with E-state index in [9.17, 15) is 15.2 Å². The van der Waals surface area contributed by atoms with Crippen LogP contribution in [0.1, 0.15) is 6.92 Å². The number of methoxy groups -OCH3 is 1. The van der Waals surface area contributed by atoms with Crippen LogP contribution in [0.5, 0.6) is 5.75 Å². The van der Waals surface area contributed by atoms with Crippen LogP contribution >= 0.6 is 0 Å². The summed E-state index contributed by atoms with van der Waals surface area (Å²) in [5.41, 5.74) is 0.690. The first-order valence-corrected chi connectivity index (χ1v) is 5.17. The molecule has 0 aliphatic heterocycles. The predicted octanol–water partition coefficient (Wildman–Crippen LogP) is 1.42. The van der Waals surface area contributed by atoms with E-state index in [1.54, 1.807) is 31.0 Å². The predicted molar refractivity (Wildman–Crippen MR) is 64.6 cm³/mol. The Bertz CT molecular complexity index is 406. The highest BCUT2D eigenvalue weighted by Crippen LogP contribution is 2.30. The lowest BCUT2D eigenvalue weighted by Gasteiger charge is -2.21. The maximum absolute atomic E-state index is 10.7. The number of rotatable bonds is 5. The van der Waals surface area contributed by atoms with Gasteiger partial charge in [0.05, 0.1) is 18.1 Å². The van der Waals surface area contributed by atoms with E-state index in [1.165, 1.54) is 13.2 Å². The van der Waals surface area contributed by atoms with Gasteiger partial charge in [-0.15, -0.1) is 0 Å². The molecule has 6 heteroatoms. The van der Waals surface area contributed by atoms with E-state index in [2.05, 4.69) is 0 Å². The topological polar surface area (TPSA) is 75.8 Å². The quantitative estimate of drug-likeness (QED) is 0.622. The summed E-state index contributed by atoms with van der Waals surface area (Å²) in [6, 6.07) is 4.61. The van der Waals surface area contributed by atoms with Crippen LogP contribution in [0, 0.1) is 10.1 Å². The zero-order valence-electron chi connectivity index (χ0n) is 10.1. The molecule has 17 heavy (non-hydrogen) atoms. The van der Waals surface area contributed by atoms with Crippen molar-refractivity contribution in [1.82, 2.24) is 0 Å². The normalized spacial score (nSPS) is 12.0. The Morgan fingerprint density at radius 2 is 2.24 bits per heavy atom. The van der Waals surface area contributed by atoms with Gasteiger partial charge in [-0.2, -0.15) is 0 Å². The Morgan fingerprint density at radius 1 is 1.59 bits per heavy atom. The lowest BCUT2D eigenvalue weighted by Crippen LogP contribution is -2.26. The summed E-state index contributed by atoms with van der Waals surface area (Å²) in [4.78, 5) is 12.0. The molecule has 6 nitrogen and oxygen atoms in total. The Labute approximate surface area is 99.6 Å². The lowest BCUT2D eigenvalue weighted by molar-refractivity contribution is -0.385. The van der Waals surface area contributed by atoms with Crippen molar-refractivity contribution in [2.75, 3.05) is 25.6 Å². The van der Waals surface area contributed by atoms with Crippen LogP contribution < -0.4 is 9.64 Å². The fourth-order valence-corrected chi connectivity index (χ4v) is 1.56. The summed E-state index contributed by atoms with van der Waals surface area (Å²) in [7, 11) is 3.19. The first kappa shape index (κ1) is 13.2. The third-order valence-electron chi connectivity index (χ3n) is 2.34. The van der Waals surface area contributed by atoms with Gasteiger partial charge in [-0.25, -0.2) is 0 Å². The van der Waals surface area contributed by atoms with Crippen molar-refractivity contribution in [3.8, 4) is 5.75 Å². The molecule has 1 N–H and O–H groups in total. The fourth-order valence-electron chi connectivity index (χ4n) is 1.56. The van der Waals surface area contributed by atoms with Crippen molar-refractivity contribution < 1.29 is 14.8 Å². The minimum Gasteiger partial charge on any atom is -0.490 e. The van der Waals surface area contributed by atoms with Gasteiger partial charge in [-0.05, 0) is 13.0 Å². The number of likely N-dealkylation sites (N-methyl/N-ethyl adjacent to an activating group) is 1. The van der Waals surface area contributed by atoms with Crippen molar-refractivity contribution >= 4 is 11.4 Å². The number of ether oxygens (including phenoxy) is 1. The van der Waals surface area contributed by atoms with Crippen molar-refractivity contribution in [1.29, 1.82) is 0 Å². The van der Waals surface area contributed by atoms with Crippen molar-refractivity contribution in [3.63, 3.8) is 0 Å². The average molecular weight is 240 g/mol. The van der Waals surface area contributed by atoms with Gasteiger partial charge >= 0.3 is 5.69 Å². The van der Waals surface area contributed by atoms with E-state index in [1.807, 2.05) is 0 Å². The minimum atomic E-state index is -0.489. The summed E-state index contributed by atoms with van der Waals surface area (Å²) in [5.74, 6) is 0.213. The van der Waals surface area contributed by atoms with Crippen LogP contribution in [-0.2, 0) is 0 Å². The molecule has 0 aliphatic carbocycles. The Hall–Kier alpha value is -1.82. The van der Waals surface area contributed by atoms with Gasteiger partial charge in [0, 0.05) is 31.4 Å². The molecule has 94 valence electrons. The highest BCUT2D eigenvalue weighted by Gasteiger charge is 2.16. The maximum atomic E-state index is 10.7. The summed E-state index contributed by atoms with van der Waals surface area (Å²) < 4.78 is 4.97. The molecule has 0 saturated carbocycles. The number of aliphatic hydroxyl groups is 1. The molecule has 0 unspecified atom stereocenters. The number of aliphatic hydroxyl groups excluding tert-OH is 1. The molecule has 1 aromatic carbocycles. The molecule has 0 saturated heterocycles. The number of hydrogen-bond donors (Lipinski definition) is 1. The summed E-state index contributed by atoms with van der Waals surface area (Å²) >= 11 is 0. The molecule has 0 fully saturated rings. The number of benzene rings is 1. The molecular formula is C11H16N2O4. The Kier molecular flexibility index (Phi) is 4.28. The van der Waals surface area contributed by atoms with Gasteiger partial charge in [-0.3, -0.25) is 10.1 Å². The first-order valence-electron chi connectivity index (χ1n) is 5.17. The highest BCUT2D eigenvalue weighted by atomic mass is 16.6. The number of anilines is 1.